The Morgan fingerprint density at radius 1 is 0.824 bits per heavy atom. The van der Waals surface area contributed by atoms with Gasteiger partial charge in [0.15, 0.2) is 11.6 Å². The van der Waals surface area contributed by atoms with Crippen LogP contribution in [0.5, 0.6) is 0 Å². The summed E-state index contributed by atoms with van der Waals surface area (Å²) in [5.41, 5.74) is 0.920. The fourth-order valence-corrected chi connectivity index (χ4v) is 0.938. The molecule has 0 aromatic heterocycles. The Hall–Kier alpha value is -1.32. The summed E-state index contributed by atoms with van der Waals surface area (Å²) in [7, 11) is 0. The normalized spacial score (nSPS) is 13.8. The lowest BCUT2D eigenvalue weighted by atomic mass is 9.94. The summed E-state index contributed by atoms with van der Waals surface area (Å²) in [6, 6.07) is 0. The van der Waals surface area contributed by atoms with Gasteiger partial charge in [0.05, 0.1) is 11.4 Å². The maximum absolute atomic E-state index is 11.0. The van der Waals surface area contributed by atoms with Crippen molar-refractivity contribution in [3.05, 3.63) is 0 Å². The predicted molar refractivity (Wildman–Crippen MR) is 71.1 cm³/mol. The van der Waals surface area contributed by atoms with Crippen LogP contribution in [0.15, 0.2) is 9.98 Å². The van der Waals surface area contributed by atoms with Crippen LogP contribution in [0.2, 0.25) is 0 Å². The summed E-state index contributed by atoms with van der Waals surface area (Å²) in [6.07, 6.45) is 0. The standard InChI is InChI=1S/C13H22N2O2/c1-9(11(3)16)14-7-13(5,6)8-15-10(2)12(4)17/h7-8H2,1-6H3. The quantitative estimate of drug-likeness (QED) is 0.665. The third-order valence-corrected chi connectivity index (χ3v) is 2.51. The van der Waals surface area contributed by atoms with Crippen molar-refractivity contribution in [2.24, 2.45) is 15.4 Å². The fourth-order valence-electron chi connectivity index (χ4n) is 0.938. The number of aliphatic imine (C=N–C) groups is 2. The third-order valence-electron chi connectivity index (χ3n) is 2.51. The van der Waals surface area contributed by atoms with Gasteiger partial charge in [-0.1, -0.05) is 13.8 Å². The highest BCUT2D eigenvalue weighted by atomic mass is 16.1. The summed E-state index contributed by atoms with van der Waals surface area (Å²) < 4.78 is 0. The average molecular weight is 238 g/mol. The minimum absolute atomic E-state index is 0.00998. The maximum atomic E-state index is 11.0. The molecule has 4 heteroatoms. The van der Waals surface area contributed by atoms with Crippen molar-refractivity contribution in [3.8, 4) is 0 Å². The van der Waals surface area contributed by atoms with Gasteiger partial charge in [-0.3, -0.25) is 19.6 Å². The van der Waals surface area contributed by atoms with E-state index in [1.54, 1.807) is 13.8 Å². The second-order valence-corrected chi connectivity index (χ2v) is 5.08. The first-order valence-corrected chi connectivity index (χ1v) is 5.70. The molecule has 0 radical (unpaired) electrons. The van der Waals surface area contributed by atoms with Crippen LogP contribution >= 0.6 is 0 Å². The molecule has 0 N–H and O–H groups in total. The Labute approximate surface area is 103 Å². The van der Waals surface area contributed by atoms with Crippen LogP contribution in [0, 0.1) is 5.41 Å². The molecule has 0 heterocycles. The Balaban J connectivity index is 4.50. The minimum Gasteiger partial charge on any atom is -0.293 e. The Morgan fingerprint density at radius 3 is 1.35 bits per heavy atom. The van der Waals surface area contributed by atoms with Crippen LogP contribution in [-0.4, -0.2) is 36.1 Å². The van der Waals surface area contributed by atoms with E-state index in [1.807, 2.05) is 13.8 Å². The van der Waals surface area contributed by atoms with Gasteiger partial charge in [-0.25, -0.2) is 0 Å². The molecule has 96 valence electrons. The Bertz CT molecular complexity index is 332. The van der Waals surface area contributed by atoms with Gasteiger partial charge in [0.2, 0.25) is 0 Å². The molecule has 0 saturated heterocycles. The van der Waals surface area contributed by atoms with Crippen molar-refractivity contribution in [2.45, 2.75) is 41.5 Å². The summed E-state index contributed by atoms with van der Waals surface area (Å²) in [6.45, 7) is 11.5. The molecule has 0 atom stereocenters. The molecule has 0 aromatic carbocycles. The van der Waals surface area contributed by atoms with E-state index in [4.69, 9.17) is 0 Å². The number of hydrogen-bond acceptors (Lipinski definition) is 4. The van der Waals surface area contributed by atoms with Crippen LogP contribution < -0.4 is 0 Å². The molecule has 0 amide bonds. The summed E-state index contributed by atoms with van der Waals surface area (Å²) in [4.78, 5) is 30.5. The van der Waals surface area contributed by atoms with Crippen LogP contribution in [0.4, 0.5) is 0 Å². The summed E-state index contributed by atoms with van der Waals surface area (Å²) in [5, 5.41) is 0. The highest BCUT2D eigenvalue weighted by Gasteiger charge is 2.17. The third kappa shape index (κ3) is 6.76. The smallest absolute Gasteiger partial charge is 0.173 e. The lowest BCUT2D eigenvalue weighted by molar-refractivity contribution is -0.111. The number of carbonyl (C=O) groups is 2. The molecule has 0 rings (SSSR count). The molecule has 0 aromatic rings. The van der Waals surface area contributed by atoms with Gasteiger partial charge in [-0.2, -0.15) is 0 Å². The van der Waals surface area contributed by atoms with Crippen LogP contribution in [0.3, 0.4) is 0 Å². The van der Waals surface area contributed by atoms with Crippen molar-refractivity contribution in [3.63, 3.8) is 0 Å². The van der Waals surface area contributed by atoms with E-state index < -0.39 is 0 Å². The van der Waals surface area contributed by atoms with Crippen LogP contribution in [0.25, 0.3) is 0 Å². The van der Waals surface area contributed by atoms with E-state index >= 15 is 0 Å². The average Bonchev–Trinajstić information content (AvgIpc) is 2.22. The highest BCUT2D eigenvalue weighted by molar-refractivity contribution is 6.38. The molecule has 0 saturated carbocycles. The van der Waals surface area contributed by atoms with E-state index in [0.29, 0.717) is 24.5 Å². The van der Waals surface area contributed by atoms with E-state index in [-0.39, 0.29) is 17.0 Å². The number of hydrogen-bond donors (Lipinski definition) is 0. The molecule has 0 aliphatic carbocycles. The molecule has 0 fully saturated rings. The topological polar surface area (TPSA) is 58.9 Å². The SMILES string of the molecule is CC(=O)C(C)=NCC(C)(C)CN=C(C)C(C)=O. The molecule has 0 aliphatic heterocycles. The summed E-state index contributed by atoms with van der Waals surface area (Å²) in [5.74, 6) is -0.0200. The van der Waals surface area contributed by atoms with Gasteiger partial charge < -0.3 is 0 Å². The fraction of sp³-hybridized carbons (Fsp3) is 0.692. The molecular formula is C13H22N2O2. The van der Waals surface area contributed by atoms with E-state index in [0.717, 1.165) is 0 Å². The first-order valence-electron chi connectivity index (χ1n) is 5.70. The summed E-state index contributed by atoms with van der Waals surface area (Å²) >= 11 is 0. The molecule has 4 nitrogen and oxygen atoms in total. The lowest BCUT2D eigenvalue weighted by Gasteiger charge is -2.20. The van der Waals surface area contributed by atoms with Gasteiger partial charge in [0, 0.05) is 32.4 Å². The van der Waals surface area contributed by atoms with E-state index in [1.165, 1.54) is 13.8 Å². The van der Waals surface area contributed by atoms with Crippen LogP contribution in [0.1, 0.15) is 41.5 Å². The number of Topliss-reactive ketones (excluding diaryl/α,β-unsaturated/α-hetero) is 2. The lowest BCUT2D eigenvalue weighted by Crippen LogP contribution is -2.22. The molecule has 0 unspecified atom stereocenters. The Morgan fingerprint density at radius 2 is 1.12 bits per heavy atom. The zero-order chi connectivity index (χ0) is 13.6. The minimum atomic E-state index is -0.145. The van der Waals surface area contributed by atoms with E-state index in [2.05, 4.69) is 9.98 Å². The molecular weight excluding hydrogens is 216 g/mol. The second-order valence-electron chi connectivity index (χ2n) is 5.08. The second kappa shape index (κ2) is 6.42. The molecule has 0 aliphatic rings. The Kier molecular flexibility index (Phi) is 5.93. The van der Waals surface area contributed by atoms with Crippen molar-refractivity contribution < 1.29 is 9.59 Å². The number of ketones is 2. The van der Waals surface area contributed by atoms with Crippen molar-refractivity contribution in [1.29, 1.82) is 0 Å². The highest BCUT2D eigenvalue weighted by Crippen LogP contribution is 2.16. The molecule has 0 bridgehead atoms. The van der Waals surface area contributed by atoms with Gasteiger partial charge >= 0.3 is 0 Å². The number of nitrogens with zero attached hydrogens (tertiary/aromatic N) is 2. The largest absolute Gasteiger partial charge is 0.293 e. The molecule has 0 spiro atoms. The van der Waals surface area contributed by atoms with Crippen molar-refractivity contribution >= 4 is 23.0 Å². The number of rotatable bonds is 6. The molecule has 17 heavy (non-hydrogen) atoms. The van der Waals surface area contributed by atoms with Gasteiger partial charge in [0.1, 0.15) is 0 Å². The maximum Gasteiger partial charge on any atom is 0.173 e. The van der Waals surface area contributed by atoms with Crippen molar-refractivity contribution in [1.82, 2.24) is 0 Å². The first-order chi connectivity index (χ1) is 7.65. The number of carbonyl (C=O) groups excluding carboxylic acids is 2. The van der Waals surface area contributed by atoms with E-state index in [9.17, 15) is 9.59 Å². The van der Waals surface area contributed by atoms with Gasteiger partial charge in [-0.05, 0) is 13.8 Å². The predicted octanol–water partition coefficient (Wildman–Crippen LogP) is 2.11. The zero-order valence-corrected chi connectivity index (χ0v) is 11.6. The monoisotopic (exact) mass is 238 g/mol. The van der Waals surface area contributed by atoms with Gasteiger partial charge in [-0.15, -0.1) is 0 Å². The van der Waals surface area contributed by atoms with Crippen LogP contribution in [-0.2, 0) is 9.59 Å². The zero-order valence-electron chi connectivity index (χ0n) is 11.6. The first kappa shape index (κ1) is 15.7. The van der Waals surface area contributed by atoms with Gasteiger partial charge in [0.25, 0.3) is 0 Å². The van der Waals surface area contributed by atoms with Crippen molar-refractivity contribution in [2.75, 3.05) is 13.1 Å².